The topological polar surface area (TPSA) is 59.5 Å². The molecule has 0 atom stereocenters. The van der Waals surface area contributed by atoms with Crippen LogP contribution < -0.4 is 0 Å². The molecule has 0 aliphatic carbocycles. The number of esters is 1. The molecule has 0 fully saturated rings. The molecular weight excluding hydrogens is 372 g/mol. The fourth-order valence-corrected chi connectivity index (χ4v) is 3.42. The summed E-state index contributed by atoms with van der Waals surface area (Å²) in [4.78, 5) is 31.0. The monoisotopic (exact) mass is 394 g/mol. The first-order chi connectivity index (χ1) is 13.6. The molecule has 0 radical (unpaired) electrons. The molecule has 0 aliphatic heterocycles. The molecule has 3 rings (SSSR count). The van der Waals surface area contributed by atoms with Gasteiger partial charge in [0.25, 0.3) is 5.91 Å². The average molecular weight is 394 g/mol. The van der Waals surface area contributed by atoms with Crippen molar-refractivity contribution in [2.24, 2.45) is 0 Å². The largest absolute Gasteiger partial charge is 0.451 e. The molecule has 1 aromatic heterocycles. The molecule has 3 aromatic rings. The van der Waals surface area contributed by atoms with Crippen molar-refractivity contribution in [2.75, 3.05) is 13.2 Å². The fraction of sp³-hybridized carbons (Fsp3) is 0.227. The Bertz CT molecular complexity index is 910. The van der Waals surface area contributed by atoms with E-state index in [9.17, 15) is 9.59 Å². The molecule has 0 saturated carbocycles. The van der Waals surface area contributed by atoms with Gasteiger partial charge in [-0.1, -0.05) is 60.7 Å². The minimum absolute atomic E-state index is 0.214. The van der Waals surface area contributed by atoms with E-state index in [1.165, 1.54) is 17.5 Å². The normalized spacial score (nSPS) is 10.5. The van der Waals surface area contributed by atoms with Crippen LogP contribution in [-0.2, 0) is 22.5 Å². The van der Waals surface area contributed by atoms with E-state index < -0.39 is 5.97 Å². The van der Waals surface area contributed by atoms with Crippen LogP contribution in [0.2, 0.25) is 0 Å². The van der Waals surface area contributed by atoms with Crippen molar-refractivity contribution in [3.05, 3.63) is 87.9 Å². The molecule has 0 bridgehead atoms. The Labute approximate surface area is 168 Å². The number of rotatable bonds is 8. The molecule has 0 saturated heterocycles. The van der Waals surface area contributed by atoms with E-state index in [1.54, 1.807) is 4.90 Å². The summed E-state index contributed by atoms with van der Waals surface area (Å²) in [5, 5.41) is 0.784. The van der Waals surface area contributed by atoms with Crippen LogP contribution in [0.3, 0.4) is 0 Å². The lowest BCUT2D eigenvalue weighted by Gasteiger charge is -2.23. The maximum Gasteiger partial charge on any atom is 0.350 e. The minimum Gasteiger partial charge on any atom is -0.451 e. The average Bonchev–Trinajstić information content (AvgIpc) is 3.17. The van der Waals surface area contributed by atoms with E-state index in [1.807, 2.05) is 67.6 Å². The van der Waals surface area contributed by atoms with Crippen LogP contribution in [0, 0.1) is 6.92 Å². The van der Waals surface area contributed by atoms with Crippen molar-refractivity contribution >= 4 is 23.2 Å². The number of hydrogen-bond acceptors (Lipinski definition) is 5. The quantitative estimate of drug-likeness (QED) is 0.544. The third-order valence-electron chi connectivity index (χ3n) is 4.23. The van der Waals surface area contributed by atoms with Gasteiger partial charge in [-0.25, -0.2) is 9.78 Å². The zero-order chi connectivity index (χ0) is 19.8. The summed E-state index contributed by atoms with van der Waals surface area (Å²) in [6.07, 6.45) is 2.21. The van der Waals surface area contributed by atoms with Crippen LogP contribution in [-0.4, -0.2) is 34.9 Å². The highest BCUT2D eigenvalue weighted by atomic mass is 32.1. The third kappa shape index (κ3) is 5.76. The SMILES string of the molecule is Cc1ncc(C(=O)OCC(=O)N(CCc2ccccc2)Cc2ccccc2)s1. The molecule has 28 heavy (non-hydrogen) atoms. The molecule has 1 amide bonds. The number of thiazole rings is 1. The van der Waals surface area contributed by atoms with Crippen molar-refractivity contribution < 1.29 is 14.3 Å². The first kappa shape index (κ1) is 19.8. The van der Waals surface area contributed by atoms with E-state index in [2.05, 4.69) is 4.98 Å². The minimum atomic E-state index is -0.512. The molecule has 1 heterocycles. The van der Waals surface area contributed by atoms with Crippen molar-refractivity contribution in [2.45, 2.75) is 19.9 Å². The molecular formula is C22H22N2O3S. The summed E-state index contributed by atoms with van der Waals surface area (Å²) in [7, 11) is 0. The lowest BCUT2D eigenvalue weighted by atomic mass is 10.1. The first-order valence-electron chi connectivity index (χ1n) is 9.07. The number of ether oxygens (including phenoxy) is 1. The first-order valence-corrected chi connectivity index (χ1v) is 9.88. The Morgan fingerprint density at radius 1 is 1.00 bits per heavy atom. The number of carbonyl (C=O) groups excluding carboxylic acids is 2. The van der Waals surface area contributed by atoms with Crippen LogP contribution in [0.4, 0.5) is 0 Å². The Morgan fingerprint density at radius 3 is 2.25 bits per heavy atom. The highest BCUT2D eigenvalue weighted by Crippen LogP contribution is 2.13. The number of aromatic nitrogens is 1. The zero-order valence-corrected chi connectivity index (χ0v) is 16.5. The number of aryl methyl sites for hydroxylation is 1. The molecule has 0 N–H and O–H groups in total. The van der Waals surface area contributed by atoms with Crippen molar-refractivity contribution in [3.63, 3.8) is 0 Å². The molecule has 0 spiro atoms. The van der Waals surface area contributed by atoms with Crippen LogP contribution in [0.25, 0.3) is 0 Å². The smallest absolute Gasteiger partial charge is 0.350 e. The standard InChI is InChI=1S/C22H22N2O3S/c1-17-23-14-20(28-17)22(26)27-16-21(25)24(15-19-10-6-3-7-11-19)13-12-18-8-4-2-5-9-18/h2-11,14H,12-13,15-16H2,1H3. The number of hydrogen-bond donors (Lipinski definition) is 0. The summed E-state index contributed by atoms with van der Waals surface area (Å²) in [5.74, 6) is -0.726. The summed E-state index contributed by atoms with van der Waals surface area (Å²) in [6, 6.07) is 19.8. The van der Waals surface area contributed by atoms with Gasteiger partial charge in [-0.15, -0.1) is 11.3 Å². The predicted molar refractivity (Wildman–Crippen MR) is 109 cm³/mol. The molecule has 144 valence electrons. The van der Waals surface area contributed by atoms with Crippen LogP contribution in [0.5, 0.6) is 0 Å². The molecule has 6 heteroatoms. The summed E-state index contributed by atoms with van der Waals surface area (Å²) >= 11 is 1.26. The van der Waals surface area contributed by atoms with Gasteiger partial charge in [0, 0.05) is 13.1 Å². The number of nitrogens with zero attached hydrogens (tertiary/aromatic N) is 2. The Morgan fingerprint density at radius 2 is 1.64 bits per heavy atom. The van der Waals surface area contributed by atoms with Crippen molar-refractivity contribution in [3.8, 4) is 0 Å². The molecule has 5 nitrogen and oxygen atoms in total. The predicted octanol–water partition coefficient (Wildman–Crippen LogP) is 3.88. The summed E-state index contributed by atoms with van der Waals surface area (Å²) in [6.45, 7) is 2.56. The lowest BCUT2D eigenvalue weighted by Crippen LogP contribution is -2.35. The molecule has 2 aromatic carbocycles. The van der Waals surface area contributed by atoms with E-state index in [0.29, 0.717) is 18.0 Å². The third-order valence-corrected chi connectivity index (χ3v) is 5.12. The highest BCUT2D eigenvalue weighted by Gasteiger charge is 2.18. The van der Waals surface area contributed by atoms with E-state index >= 15 is 0 Å². The van der Waals surface area contributed by atoms with Gasteiger partial charge in [-0.3, -0.25) is 4.79 Å². The second kappa shape index (κ2) is 9.80. The molecule has 0 unspecified atom stereocenters. The maximum atomic E-state index is 12.7. The second-order valence-corrected chi connectivity index (χ2v) is 7.59. The van der Waals surface area contributed by atoms with Gasteiger partial charge in [0.15, 0.2) is 6.61 Å². The van der Waals surface area contributed by atoms with Gasteiger partial charge in [-0.05, 0) is 24.5 Å². The van der Waals surface area contributed by atoms with Crippen LogP contribution in [0.1, 0.15) is 25.8 Å². The van der Waals surface area contributed by atoms with Crippen molar-refractivity contribution in [1.29, 1.82) is 0 Å². The fourth-order valence-electron chi connectivity index (χ4n) is 2.75. The lowest BCUT2D eigenvalue weighted by molar-refractivity contribution is -0.135. The Balaban J connectivity index is 1.62. The van der Waals surface area contributed by atoms with E-state index in [-0.39, 0.29) is 12.5 Å². The van der Waals surface area contributed by atoms with E-state index in [0.717, 1.165) is 22.6 Å². The zero-order valence-electron chi connectivity index (χ0n) is 15.7. The highest BCUT2D eigenvalue weighted by molar-refractivity contribution is 7.13. The van der Waals surface area contributed by atoms with Gasteiger partial charge in [0.05, 0.1) is 11.2 Å². The van der Waals surface area contributed by atoms with Gasteiger partial charge in [0.1, 0.15) is 4.88 Å². The summed E-state index contributed by atoms with van der Waals surface area (Å²) in [5.41, 5.74) is 2.19. The van der Waals surface area contributed by atoms with Gasteiger partial charge in [-0.2, -0.15) is 0 Å². The Kier molecular flexibility index (Phi) is 6.92. The van der Waals surface area contributed by atoms with Crippen molar-refractivity contribution in [1.82, 2.24) is 9.88 Å². The Hall–Kier alpha value is -2.99. The van der Waals surface area contributed by atoms with Crippen LogP contribution in [0.15, 0.2) is 66.9 Å². The van der Waals surface area contributed by atoms with E-state index in [4.69, 9.17) is 4.74 Å². The number of amides is 1. The number of benzene rings is 2. The van der Waals surface area contributed by atoms with Crippen LogP contribution >= 0.6 is 11.3 Å². The maximum absolute atomic E-state index is 12.7. The molecule has 0 aliphatic rings. The number of carbonyl (C=O) groups is 2. The van der Waals surface area contributed by atoms with Gasteiger partial charge < -0.3 is 9.64 Å². The van der Waals surface area contributed by atoms with Gasteiger partial charge >= 0.3 is 5.97 Å². The second-order valence-electron chi connectivity index (χ2n) is 6.36. The summed E-state index contributed by atoms with van der Waals surface area (Å²) < 4.78 is 5.21. The van der Waals surface area contributed by atoms with Gasteiger partial charge in [0.2, 0.25) is 0 Å².